The van der Waals surface area contributed by atoms with Gasteiger partial charge in [-0.15, -0.1) is 0 Å². The molecule has 18 heavy (non-hydrogen) atoms. The second-order valence-corrected chi connectivity index (χ2v) is 5.53. The molecular weight excluding hydrogens is 228 g/mol. The van der Waals surface area contributed by atoms with Crippen molar-refractivity contribution in [3.05, 3.63) is 23.8 Å². The summed E-state index contributed by atoms with van der Waals surface area (Å²) in [4.78, 5) is 2.38. The SMILES string of the molecule is Nc1cc(CC2C(O)C3CCN2CC3)ccc1O. The maximum Gasteiger partial charge on any atom is 0.138 e. The van der Waals surface area contributed by atoms with Crippen LogP contribution in [0.3, 0.4) is 0 Å². The minimum absolute atomic E-state index is 0.129. The Morgan fingerprint density at radius 1 is 1.28 bits per heavy atom. The fourth-order valence-electron chi connectivity index (χ4n) is 3.35. The first-order chi connectivity index (χ1) is 8.65. The highest BCUT2D eigenvalue weighted by molar-refractivity contribution is 5.53. The molecule has 0 radical (unpaired) electrons. The molecule has 3 heterocycles. The summed E-state index contributed by atoms with van der Waals surface area (Å²) in [6, 6.07) is 5.54. The highest BCUT2D eigenvalue weighted by Crippen LogP contribution is 2.34. The Hall–Kier alpha value is -1.26. The van der Waals surface area contributed by atoms with Crippen molar-refractivity contribution < 1.29 is 10.2 Å². The Labute approximate surface area is 107 Å². The Kier molecular flexibility index (Phi) is 2.92. The maximum atomic E-state index is 10.3. The predicted octanol–water partition coefficient (Wildman–Crippen LogP) is 0.972. The molecule has 98 valence electrons. The van der Waals surface area contributed by atoms with Crippen molar-refractivity contribution in [1.29, 1.82) is 0 Å². The van der Waals surface area contributed by atoms with Gasteiger partial charge in [0.05, 0.1) is 11.8 Å². The molecule has 0 aliphatic carbocycles. The van der Waals surface area contributed by atoms with Gasteiger partial charge in [-0.3, -0.25) is 4.90 Å². The van der Waals surface area contributed by atoms with Crippen molar-refractivity contribution in [2.75, 3.05) is 18.8 Å². The third kappa shape index (κ3) is 1.95. The summed E-state index contributed by atoms with van der Waals surface area (Å²) in [5.74, 6) is 0.597. The first-order valence-corrected chi connectivity index (χ1v) is 6.64. The molecule has 3 saturated heterocycles. The van der Waals surface area contributed by atoms with Crippen molar-refractivity contribution in [1.82, 2.24) is 4.90 Å². The molecule has 0 aromatic heterocycles. The van der Waals surface area contributed by atoms with E-state index in [1.54, 1.807) is 6.07 Å². The number of aliphatic hydroxyl groups excluding tert-OH is 1. The molecule has 4 N–H and O–H groups in total. The third-order valence-corrected chi connectivity index (χ3v) is 4.46. The van der Waals surface area contributed by atoms with Gasteiger partial charge in [-0.25, -0.2) is 0 Å². The van der Waals surface area contributed by atoms with Gasteiger partial charge in [0.1, 0.15) is 5.75 Å². The minimum atomic E-state index is -0.220. The summed E-state index contributed by atoms with van der Waals surface area (Å²) >= 11 is 0. The van der Waals surface area contributed by atoms with Crippen molar-refractivity contribution >= 4 is 5.69 Å². The summed E-state index contributed by atoms with van der Waals surface area (Å²) < 4.78 is 0. The van der Waals surface area contributed by atoms with Crippen LogP contribution in [0.4, 0.5) is 5.69 Å². The molecule has 2 bridgehead atoms. The number of aromatic hydroxyl groups is 1. The number of benzene rings is 1. The number of rotatable bonds is 2. The average molecular weight is 248 g/mol. The lowest BCUT2D eigenvalue weighted by Crippen LogP contribution is -2.58. The summed E-state index contributed by atoms with van der Waals surface area (Å²) in [7, 11) is 0. The number of aliphatic hydroxyl groups is 1. The van der Waals surface area contributed by atoms with E-state index < -0.39 is 0 Å². The molecule has 0 saturated carbocycles. The van der Waals surface area contributed by atoms with Gasteiger partial charge < -0.3 is 15.9 Å². The van der Waals surface area contributed by atoms with Gasteiger partial charge in [0, 0.05) is 6.04 Å². The molecular formula is C14H20N2O2. The lowest BCUT2D eigenvalue weighted by molar-refractivity contribution is -0.0715. The first-order valence-electron chi connectivity index (χ1n) is 6.64. The monoisotopic (exact) mass is 248 g/mol. The van der Waals surface area contributed by atoms with Gasteiger partial charge in [0.25, 0.3) is 0 Å². The quantitative estimate of drug-likeness (QED) is 0.539. The topological polar surface area (TPSA) is 69.7 Å². The van der Waals surface area contributed by atoms with Crippen LogP contribution < -0.4 is 5.73 Å². The summed E-state index contributed by atoms with van der Waals surface area (Å²) in [6.07, 6.45) is 2.83. The second kappa shape index (κ2) is 4.44. The third-order valence-electron chi connectivity index (χ3n) is 4.46. The molecule has 2 atom stereocenters. The van der Waals surface area contributed by atoms with E-state index in [0.29, 0.717) is 11.6 Å². The zero-order valence-corrected chi connectivity index (χ0v) is 10.4. The number of anilines is 1. The normalized spacial score (nSPS) is 34.7. The number of nitrogens with two attached hydrogens (primary N) is 1. The lowest BCUT2D eigenvalue weighted by Gasteiger charge is -2.49. The molecule has 3 aliphatic heterocycles. The van der Waals surface area contributed by atoms with Gasteiger partial charge in [-0.05, 0) is 56.0 Å². The summed E-state index contributed by atoms with van der Waals surface area (Å²) in [5, 5.41) is 19.7. The molecule has 1 aromatic carbocycles. The highest BCUT2D eigenvalue weighted by atomic mass is 16.3. The van der Waals surface area contributed by atoms with Crippen molar-refractivity contribution in [3.8, 4) is 5.75 Å². The highest BCUT2D eigenvalue weighted by Gasteiger charge is 2.40. The maximum absolute atomic E-state index is 10.3. The molecule has 3 fully saturated rings. The van der Waals surface area contributed by atoms with E-state index in [0.717, 1.165) is 37.9 Å². The number of nitrogens with zero attached hydrogens (tertiary/aromatic N) is 1. The molecule has 1 aromatic rings. The summed E-state index contributed by atoms with van der Waals surface area (Å²) in [5.41, 5.74) is 7.21. The molecule has 4 heteroatoms. The van der Waals surface area contributed by atoms with E-state index in [4.69, 9.17) is 5.73 Å². The van der Waals surface area contributed by atoms with Crippen LogP contribution in [0.5, 0.6) is 5.75 Å². The standard InChI is InChI=1S/C14H20N2O2/c15-11-7-9(1-2-13(11)17)8-12-14(18)10-3-5-16(12)6-4-10/h1-2,7,10,12,14,17-18H,3-6,8,15H2. The van der Waals surface area contributed by atoms with E-state index in [9.17, 15) is 10.2 Å². The summed E-state index contributed by atoms with van der Waals surface area (Å²) in [6.45, 7) is 2.19. The fourth-order valence-corrected chi connectivity index (χ4v) is 3.35. The number of piperidine rings is 3. The Bertz CT molecular complexity index is 439. The zero-order chi connectivity index (χ0) is 12.7. The average Bonchev–Trinajstić information content (AvgIpc) is 2.38. The van der Waals surface area contributed by atoms with Gasteiger partial charge in [0.15, 0.2) is 0 Å². The second-order valence-electron chi connectivity index (χ2n) is 5.53. The van der Waals surface area contributed by atoms with Crippen LogP contribution in [0, 0.1) is 5.92 Å². The van der Waals surface area contributed by atoms with Crippen LogP contribution in [-0.4, -0.2) is 40.3 Å². The first kappa shape index (κ1) is 11.8. The van der Waals surface area contributed by atoms with Crippen LogP contribution in [0.15, 0.2) is 18.2 Å². The Morgan fingerprint density at radius 3 is 2.61 bits per heavy atom. The van der Waals surface area contributed by atoms with Gasteiger partial charge in [-0.2, -0.15) is 0 Å². The molecule has 4 rings (SSSR count). The Balaban J connectivity index is 1.77. The Morgan fingerprint density at radius 2 is 2.00 bits per heavy atom. The van der Waals surface area contributed by atoms with E-state index in [2.05, 4.69) is 4.90 Å². The number of hydrogen-bond acceptors (Lipinski definition) is 4. The van der Waals surface area contributed by atoms with Crippen LogP contribution in [-0.2, 0) is 6.42 Å². The number of phenols is 1. The largest absolute Gasteiger partial charge is 0.506 e. The molecule has 0 spiro atoms. The van der Waals surface area contributed by atoms with Crippen LogP contribution in [0.25, 0.3) is 0 Å². The zero-order valence-electron chi connectivity index (χ0n) is 10.4. The number of nitrogen functional groups attached to an aromatic ring is 1. The molecule has 3 aliphatic rings. The minimum Gasteiger partial charge on any atom is -0.506 e. The van der Waals surface area contributed by atoms with Crippen molar-refractivity contribution in [2.24, 2.45) is 5.92 Å². The van der Waals surface area contributed by atoms with Crippen molar-refractivity contribution in [2.45, 2.75) is 31.4 Å². The van der Waals surface area contributed by atoms with Crippen molar-refractivity contribution in [3.63, 3.8) is 0 Å². The van der Waals surface area contributed by atoms with Gasteiger partial charge in [0.2, 0.25) is 0 Å². The van der Waals surface area contributed by atoms with E-state index >= 15 is 0 Å². The van der Waals surface area contributed by atoms with E-state index in [1.807, 2.05) is 12.1 Å². The molecule has 4 nitrogen and oxygen atoms in total. The van der Waals surface area contributed by atoms with Crippen LogP contribution in [0.2, 0.25) is 0 Å². The smallest absolute Gasteiger partial charge is 0.138 e. The van der Waals surface area contributed by atoms with E-state index in [-0.39, 0.29) is 17.9 Å². The number of fused-ring (bicyclic) bond motifs is 3. The lowest BCUT2D eigenvalue weighted by atomic mass is 9.78. The van der Waals surface area contributed by atoms with E-state index in [1.165, 1.54) is 0 Å². The number of phenolic OH excluding ortho intramolecular Hbond substituents is 1. The van der Waals surface area contributed by atoms with Gasteiger partial charge in [-0.1, -0.05) is 6.07 Å². The number of hydrogen-bond donors (Lipinski definition) is 3. The molecule has 2 unspecified atom stereocenters. The van der Waals surface area contributed by atoms with Crippen LogP contribution in [0.1, 0.15) is 18.4 Å². The fraction of sp³-hybridized carbons (Fsp3) is 0.571. The van der Waals surface area contributed by atoms with Crippen LogP contribution >= 0.6 is 0 Å². The predicted molar refractivity (Wildman–Crippen MR) is 70.3 cm³/mol. The molecule has 0 amide bonds. The van der Waals surface area contributed by atoms with Gasteiger partial charge >= 0.3 is 0 Å².